The molecule has 8 saturated heterocycles. The molecule has 12 fully saturated rings. The molecule has 23 N–H and O–H groups in total. The Labute approximate surface area is 628 Å². The molecule has 0 aromatic carbocycles. The van der Waals surface area contributed by atoms with Crippen LogP contribution in [0, 0.1) is 52.3 Å². The summed E-state index contributed by atoms with van der Waals surface area (Å²) in [4.78, 5) is 0. The van der Waals surface area contributed by atoms with E-state index in [1.165, 1.54) is 6.92 Å². The molecule has 4 aliphatic carbocycles. The van der Waals surface area contributed by atoms with Gasteiger partial charge in [0, 0.05) is 19.4 Å². The van der Waals surface area contributed by atoms with Crippen LogP contribution in [0.5, 0.6) is 0 Å². The summed E-state index contributed by atoms with van der Waals surface area (Å²) in [6.45, 7) is 4.68. The first-order valence-electron chi connectivity index (χ1n) is 38.3. The SMILES string of the molecule is COC1(CCC(C)COC2OC(CO)C(O)C(O)C2O)OC2CC3C4CC(O)C5CC(OC6OC(CO)C(OC7OC(CO)C(O)C(OC8OC(CO)C(OC9OC(C)C(O)C(O)C9O)C(O)C8O)C7O)C(O)C6OC6OC(CO)C(O)C(OC7OC(CO)C(O)C(O)C7O)C6O)CCC5(C)C4CCC3(C)C2C1C. The van der Waals surface area contributed by atoms with Crippen molar-refractivity contribution in [1.29, 1.82) is 0 Å². The van der Waals surface area contributed by atoms with Crippen LogP contribution in [-0.4, -0.2) is 410 Å². The van der Waals surface area contributed by atoms with E-state index in [2.05, 4.69) is 20.8 Å². The van der Waals surface area contributed by atoms with Gasteiger partial charge in [0.15, 0.2) is 49.8 Å². The van der Waals surface area contributed by atoms with Gasteiger partial charge in [-0.25, -0.2) is 0 Å². The summed E-state index contributed by atoms with van der Waals surface area (Å²) in [5, 5.41) is 253. The van der Waals surface area contributed by atoms with Crippen LogP contribution in [0.15, 0.2) is 0 Å². The highest BCUT2D eigenvalue weighted by atomic mass is 16.8. The molecule has 4 saturated carbocycles. The smallest absolute Gasteiger partial charge is 0.187 e. The summed E-state index contributed by atoms with van der Waals surface area (Å²) in [5.41, 5.74) is -0.655. The highest BCUT2D eigenvalue weighted by Gasteiger charge is 2.70. The lowest BCUT2D eigenvalue weighted by atomic mass is 9.43. The predicted molar refractivity (Wildman–Crippen MR) is 354 cm³/mol. The van der Waals surface area contributed by atoms with Gasteiger partial charge in [-0.15, -0.1) is 0 Å². The van der Waals surface area contributed by atoms with Crippen LogP contribution in [0.4, 0.5) is 0 Å². The van der Waals surface area contributed by atoms with Gasteiger partial charge in [-0.1, -0.05) is 27.7 Å². The van der Waals surface area contributed by atoms with Gasteiger partial charge < -0.3 is 193 Å². The van der Waals surface area contributed by atoms with Crippen LogP contribution < -0.4 is 0 Å². The van der Waals surface area contributed by atoms with Gasteiger partial charge in [0.25, 0.3) is 0 Å². The lowest BCUT2D eigenvalue weighted by molar-refractivity contribution is -0.405. The number of hydrogen-bond acceptors (Lipinski definition) is 39. The molecule has 12 rings (SSSR count). The molecule has 0 amide bonds. The highest BCUT2D eigenvalue weighted by molar-refractivity contribution is 5.17. The molecule has 39 nitrogen and oxygen atoms in total. The van der Waals surface area contributed by atoms with E-state index in [-0.39, 0.29) is 66.0 Å². The molecule has 12 aliphatic rings. The van der Waals surface area contributed by atoms with Crippen LogP contribution in [0.1, 0.15) is 92.4 Å². The molecule has 0 aromatic rings. The Bertz CT molecular complexity index is 2880. The molecule has 48 unspecified atom stereocenters. The maximum atomic E-state index is 12.9. The molecule has 0 bridgehead atoms. The maximum Gasteiger partial charge on any atom is 0.187 e. The van der Waals surface area contributed by atoms with Gasteiger partial charge in [-0.05, 0) is 105 Å². The Morgan fingerprint density at radius 3 is 1.35 bits per heavy atom. The Kier molecular flexibility index (Phi) is 28.0. The zero-order valence-corrected chi connectivity index (χ0v) is 61.6. The third-order valence-electron chi connectivity index (χ3n) is 26.7. The monoisotopic (exact) mass is 1580 g/mol. The fourth-order valence-electron chi connectivity index (χ4n) is 20.4. The van der Waals surface area contributed by atoms with E-state index in [0.717, 1.165) is 19.3 Å². The minimum atomic E-state index is -2.24. The molecule has 48 atom stereocenters. The summed E-state index contributed by atoms with van der Waals surface area (Å²) in [6.07, 6.45) is -60.6. The van der Waals surface area contributed by atoms with Crippen molar-refractivity contribution in [2.24, 2.45) is 52.3 Å². The van der Waals surface area contributed by atoms with Gasteiger partial charge in [0.1, 0.15) is 165 Å². The van der Waals surface area contributed by atoms with Crippen molar-refractivity contribution in [3.8, 4) is 0 Å². The van der Waals surface area contributed by atoms with Gasteiger partial charge in [-0.3, -0.25) is 0 Å². The Hall–Kier alpha value is -1.56. The van der Waals surface area contributed by atoms with Crippen LogP contribution >= 0.6 is 0 Å². The lowest BCUT2D eigenvalue weighted by Crippen LogP contribution is -2.68. The Balaban J connectivity index is 0.749. The van der Waals surface area contributed by atoms with Crippen molar-refractivity contribution >= 4 is 0 Å². The number of aliphatic hydroxyl groups is 23. The summed E-state index contributed by atoms with van der Waals surface area (Å²) in [5.74, 6) is -0.968. The molecule has 39 heteroatoms. The van der Waals surface area contributed by atoms with E-state index in [4.69, 9.17) is 75.8 Å². The normalized spacial score (nSPS) is 55.3. The van der Waals surface area contributed by atoms with Gasteiger partial charge in [0.05, 0.1) is 70.7 Å². The average Bonchev–Trinajstić information content (AvgIpc) is 1.57. The van der Waals surface area contributed by atoms with Gasteiger partial charge in [0.2, 0.25) is 0 Å². The minimum Gasteiger partial charge on any atom is -0.394 e. The molecule has 632 valence electrons. The van der Waals surface area contributed by atoms with Crippen molar-refractivity contribution < 1.29 is 193 Å². The lowest BCUT2D eigenvalue weighted by Gasteiger charge is -2.62. The molecule has 8 heterocycles. The third kappa shape index (κ3) is 16.2. The first-order chi connectivity index (χ1) is 51.7. The number of aliphatic hydroxyl groups excluding tert-OH is 23. The standard InChI is InChI=1S/C70H118O39/c1-23(22-95-61-49(87)46(84)41(79)33(16-71)98-61)7-12-70(94-6)24(2)39-32(109-70)15-29-27-14-31(77)30-13-26(8-10-68(30,4)28(27)9-11-69(29,39)5)97-67-60(108-66-55(93)59(44(82)36(19-74)101-66)106-63-51(89)47(85)42(80)34(17-72)99-63)53(91)57(38(21-76)103-67)105-65-54(92)58(43(81)35(18-73)100-65)107-64-52(90)48(86)56(37(20-75)102-64)104-62-50(88)45(83)40(78)25(3)96-62/h23-67,71-93H,7-22H2,1-6H3. The third-order valence-corrected chi connectivity index (χ3v) is 26.7. The van der Waals surface area contributed by atoms with Crippen molar-refractivity contribution in [2.45, 2.75) is 331 Å². The molecular weight excluding hydrogens is 1460 g/mol. The zero-order valence-electron chi connectivity index (χ0n) is 61.6. The van der Waals surface area contributed by atoms with E-state index in [9.17, 15) is 117 Å². The molecule has 109 heavy (non-hydrogen) atoms. The van der Waals surface area contributed by atoms with E-state index in [0.29, 0.717) is 32.1 Å². The zero-order chi connectivity index (χ0) is 79.1. The highest BCUT2D eigenvalue weighted by Crippen LogP contribution is 2.71. The molecule has 0 radical (unpaired) electrons. The Morgan fingerprint density at radius 2 is 0.817 bits per heavy atom. The second kappa shape index (κ2) is 35.2. The first kappa shape index (κ1) is 86.8. The first-order valence-corrected chi connectivity index (χ1v) is 38.3. The topological polar surface area (TPSA) is 613 Å². The van der Waals surface area contributed by atoms with E-state index in [1.807, 2.05) is 6.92 Å². The van der Waals surface area contributed by atoms with E-state index >= 15 is 0 Å². The summed E-state index contributed by atoms with van der Waals surface area (Å²) in [6, 6.07) is 0. The number of ether oxygens (including phenoxy) is 16. The van der Waals surface area contributed by atoms with Crippen LogP contribution in [0.2, 0.25) is 0 Å². The number of hydrogen-bond donors (Lipinski definition) is 23. The molecule has 0 aromatic heterocycles. The van der Waals surface area contributed by atoms with Crippen LogP contribution in [-0.2, 0) is 75.8 Å². The van der Waals surface area contributed by atoms with Crippen molar-refractivity contribution in [3.63, 3.8) is 0 Å². The van der Waals surface area contributed by atoms with E-state index in [1.54, 1.807) is 7.11 Å². The fourth-order valence-corrected chi connectivity index (χ4v) is 20.4. The maximum absolute atomic E-state index is 12.9. The molecule has 0 spiro atoms. The fraction of sp³-hybridized carbons (Fsp3) is 1.00. The van der Waals surface area contributed by atoms with E-state index < -0.39 is 278 Å². The van der Waals surface area contributed by atoms with Crippen LogP contribution in [0.25, 0.3) is 0 Å². The molecule has 8 aliphatic heterocycles. The quantitative estimate of drug-likeness (QED) is 0.0378. The van der Waals surface area contributed by atoms with Crippen LogP contribution in [0.3, 0.4) is 0 Å². The number of rotatable bonds is 25. The van der Waals surface area contributed by atoms with Gasteiger partial charge in [-0.2, -0.15) is 0 Å². The number of methoxy groups -OCH3 is 1. The second-order valence-corrected chi connectivity index (χ2v) is 33.0. The van der Waals surface area contributed by atoms with Crippen molar-refractivity contribution in [3.05, 3.63) is 0 Å². The summed E-state index contributed by atoms with van der Waals surface area (Å²) in [7, 11) is 1.65. The largest absolute Gasteiger partial charge is 0.394 e. The average molecular weight is 1580 g/mol. The second-order valence-electron chi connectivity index (χ2n) is 33.0. The summed E-state index contributed by atoms with van der Waals surface area (Å²) >= 11 is 0. The predicted octanol–water partition coefficient (Wildman–Crippen LogP) is -9.83. The number of fused-ring (bicyclic) bond motifs is 7. The Morgan fingerprint density at radius 1 is 0.385 bits per heavy atom. The summed E-state index contributed by atoms with van der Waals surface area (Å²) < 4.78 is 96.9. The van der Waals surface area contributed by atoms with Crippen molar-refractivity contribution in [2.75, 3.05) is 53.4 Å². The van der Waals surface area contributed by atoms with Gasteiger partial charge >= 0.3 is 0 Å². The minimum absolute atomic E-state index is 0.0540. The van der Waals surface area contributed by atoms with Crippen molar-refractivity contribution in [1.82, 2.24) is 0 Å². The molecular formula is C70H118O39.